The molecule has 1 aliphatic heterocycles. The van der Waals surface area contributed by atoms with E-state index in [-0.39, 0.29) is 11.9 Å². The van der Waals surface area contributed by atoms with Crippen molar-refractivity contribution in [3.63, 3.8) is 0 Å². The fourth-order valence-electron chi connectivity index (χ4n) is 2.29. The second-order valence-corrected chi connectivity index (χ2v) is 5.49. The molecule has 0 N–H and O–H groups in total. The Morgan fingerprint density at radius 3 is 2.90 bits per heavy atom. The van der Waals surface area contributed by atoms with Crippen LogP contribution in [0.25, 0.3) is 0 Å². The number of amides is 1. The fourth-order valence-corrected chi connectivity index (χ4v) is 2.29. The zero-order valence-corrected chi connectivity index (χ0v) is 11.9. The Morgan fingerprint density at radius 1 is 1.55 bits per heavy atom. The van der Waals surface area contributed by atoms with Gasteiger partial charge in [-0.1, -0.05) is 19.9 Å². The average molecular weight is 276 g/mol. The van der Waals surface area contributed by atoms with Crippen molar-refractivity contribution in [2.45, 2.75) is 39.3 Å². The maximum Gasteiger partial charge on any atom is 0.306 e. The molecule has 1 aliphatic rings. The second-order valence-electron chi connectivity index (χ2n) is 5.49. The molecule has 0 saturated carbocycles. The van der Waals surface area contributed by atoms with E-state index in [4.69, 9.17) is 4.74 Å². The lowest BCUT2D eigenvalue weighted by atomic mass is 10.1. The Bertz CT molecular complexity index is 473. The predicted molar refractivity (Wildman–Crippen MR) is 73.6 cm³/mol. The summed E-state index contributed by atoms with van der Waals surface area (Å²) >= 11 is 0. The summed E-state index contributed by atoms with van der Waals surface area (Å²) in [4.78, 5) is 29.4. The van der Waals surface area contributed by atoms with Crippen molar-refractivity contribution in [1.82, 2.24) is 9.88 Å². The quantitative estimate of drug-likeness (QED) is 0.769. The minimum atomic E-state index is -0.613. The minimum absolute atomic E-state index is 0.103. The largest absolute Gasteiger partial charge is 0.452 e. The van der Waals surface area contributed by atoms with E-state index in [0.29, 0.717) is 31.8 Å². The highest BCUT2D eigenvalue weighted by molar-refractivity contribution is 5.86. The summed E-state index contributed by atoms with van der Waals surface area (Å²) in [6.45, 7) is 5.26. The summed E-state index contributed by atoms with van der Waals surface area (Å²) in [6, 6.07) is 3.79. The number of hydrogen-bond donors (Lipinski definition) is 0. The third-order valence-corrected chi connectivity index (χ3v) is 3.15. The summed E-state index contributed by atoms with van der Waals surface area (Å²) in [5.74, 6) is -0.0321. The molecule has 0 aliphatic carbocycles. The van der Waals surface area contributed by atoms with Crippen LogP contribution in [-0.2, 0) is 20.9 Å². The third kappa shape index (κ3) is 3.79. The van der Waals surface area contributed by atoms with Gasteiger partial charge in [0, 0.05) is 38.3 Å². The zero-order chi connectivity index (χ0) is 14.5. The first kappa shape index (κ1) is 14.5. The van der Waals surface area contributed by atoms with Crippen LogP contribution in [0.4, 0.5) is 0 Å². The first-order chi connectivity index (χ1) is 9.56. The Balaban J connectivity index is 2.06. The molecule has 20 heavy (non-hydrogen) atoms. The van der Waals surface area contributed by atoms with Gasteiger partial charge in [-0.2, -0.15) is 0 Å². The Labute approximate surface area is 118 Å². The molecule has 1 atom stereocenters. The predicted octanol–water partition coefficient (Wildman–Crippen LogP) is 1.77. The van der Waals surface area contributed by atoms with E-state index in [1.807, 2.05) is 12.1 Å². The molecule has 5 heteroatoms. The smallest absolute Gasteiger partial charge is 0.306 e. The van der Waals surface area contributed by atoms with Crippen molar-refractivity contribution in [3.05, 3.63) is 30.1 Å². The van der Waals surface area contributed by atoms with Crippen LogP contribution in [0.5, 0.6) is 0 Å². The molecule has 1 aromatic heterocycles. The number of aromatic nitrogens is 1. The van der Waals surface area contributed by atoms with Crippen molar-refractivity contribution < 1.29 is 14.3 Å². The maximum absolute atomic E-state index is 12.5. The first-order valence-corrected chi connectivity index (χ1v) is 6.93. The van der Waals surface area contributed by atoms with Crippen LogP contribution >= 0.6 is 0 Å². The molecule has 108 valence electrons. The van der Waals surface area contributed by atoms with Crippen LogP contribution in [-0.4, -0.2) is 34.4 Å². The van der Waals surface area contributed by atoms with Gasteiger partial charge in [0.1, 0.15) is 0 Å². The number of carbonyl (C=O) groups excluding carboxylic acids is 2. The van der Waals surface area contributed by atoms with Gasteiger partial charge in [-0.3, -0.25) is 14.6 Å². The van der Waals surface area contributed by atoms with Crippen molar-refractivity contribution in [1.29, 1.82) is 0 Å². The molecule has 0 unspecified atom stereocenters. The number of ether oxygens (including phenoxy) is 1. The molecule has 0 aromatic carbocycles. The molecule has 2 rings (SSSR count). The number of rotatable bonds is 5. The SMILES string of the molecule is CC(C)CN(Cc1cccnc1)C(=O)[C@H]1CCC(=O)O1. The van der Waals surface area contributed by atoms with Crippen LogP contribution in [0.15, 0.2) is 24.5 Å². The molecule has 0 radical (unpaired) electrons. The fraction of sp³-hybridized carbons (Fsp3) is 0.533. The highest BCUT2D eigenvalue weighted by Gasteiger charge is 2.33. The molecular weight excluding hydrogens is 256 g/mol. The van der Waals surface area contributed by atoms with Crippen LogP contribution in [0.2, 0.25) is 0 Å². The van der Waals surface area contributed by atoms with Crippen molar-refractivity contribution in [2.75, 3.05) is 6.54 Å². The summed E-state index contributed by atoms with van der Waals surface area (Å²) in [5, 5.41) is 0. The molecule has 2 heterocycles. The normalized spacial score (nSPS) is 18.1. The van der Waals surface area contributed by atoms with Gasteiger partial charge < -0.3 is 9.64 Å². The van der Waals surface area contributed by atoms with Gasteiger partial charge in [0.2, 0.25) is 0 Å². The lowest BCUT2D eigenvalue weighted by Gasteiger charge is -2.26. The van der Waals surface area contributed by atoms with Gasteiger partial charge in [0.25, 0.3) is 5.91 Å². The monoisotopic (exact) mass is 276 g/mol. The molecule has 1 fully saturated rings. The van der Waals surface area contributed by atoms with Crippen LogP contribution < -0.4 is 0 Å². The Kier molecular flexibility index (Phi) is 4.71. The van der Waals surface area contributed by atoms with Crippen molar-refractivity contribution in [2.24, 2.45) is 5.92 Å². The van der Waals surface area contributed by atoms with Crippen LogP contribution in [0.3, 0.4) is 0 Å². The second kappa shape index (κ2) is 6.50. The molecule has 1 amide bonds. The molecule has 0 spiro atoms. The Morgan fingerprint density at radius 2 is 2.35 bits per heavy atom. The molecule has 5 nitrogen and oxygen atoms in total. The van der Waals surface area contributed by atoms with E-state index in [1.165, 1.54) is 0 Å². The van der Waals surface area contributed by atoms with Gasteiger partial charge in [-0.15, -0.1) is 0 Å². The highest BCUT2D eigenvalue weighted by atomic mass is 16.6. The van der Waals surface area contributed by atoms with Crippen molar-refractivity contribution in [3.8, 4) is 0 Å². The zero-order valence-electron chi connectivity index (χ0n) is 11.9. The number of pyridine rings is 1. The number of cyclic esters (lactones) is 1. The van der Waals surface area contributed by atoms with E-state index in [1.54, 1.807) is 17.3 Å². The molecule has 0 bridgehead atoms. The van der Waals surface area contributed by atoms with E-state index in [2.05, 4.69) is 18.8 Å². The van der Waals surface area contributed by atoms with Gasteiger partial charge >= 0.3 is 5.97 Å². The van der Waals surface area contributed by atoms with Gasteiger partial charge in [0.05, 0.1) is 0 Å². The Hall–Kier alpha value is -1.91. The molecule has 1 aromatic rings. The first-order valence-electron chi connectivity index (χ1n) is 6.93. The summed E-state index contributed by atoms with van der Waals surface area (Å²) < 4.78 is 5.08. The molecule has 1 saturated heterocycles. The topological polar surface area (TPSA) is 59.5 Å². The van der Waals surface area contributed by atoms with Crippen LogP contribution in [0, 0.1) is 5.92 Å². The van der Waals surface area contributed by atoms with Crippen molar-refractivity contribution >= 4 is 11.9 Å². The van der Waals surface area contributed by atoms with Gasteiger partial charge in [0.15, 0.2) is 6.10 Å². The number of hydrogen-bond acceptors (Lipinski definition) is 4. The molecular formula is C15H20N2O3. The van der Waals surface area contributed by atoms with Gasteiger partial charge in [-0.05, 0) is 17.5 Å². The van der Waals surface area contributed by atoms with E-state index in [0.717, 1.165) is 5.56 Å². The van der Waals surface area contributed by atoms with E-state index < -0.39 is 6.10 Å². The third-order valence-electron chi connectivity index (χ3n) is 3.15. The van der Waals surface area contributed by atoms with E-state index in [9.17, 15) is 9.59 Å². The minimum Gasteiger partial charge on any atom is -0.452 e. The lowest BCUT2D eigenvalue weighted by Crippen LogP contribution is -2.40. The average Bonchev–Trinajstić information content (AvgIpc) is 2.84. The van der Waals surface area contributed by atoms with E-state index >= 15 is 0 Å². The number of nitrogens with zero attached hydrogens (tertiary/aromatic N) is 2. The standard InChI is InChI=1S/C15H20N2O3/c1-11(2)9-17(10-12-4-3-7-16-8-12)15(19)13-5-6-14(18)20-13/h3-4,7-8,11,13H,5-6,9-10H2,1-2H3/t13-/m1/s1. The number of esters is 1. The highest BCUT2D eigenvalue weighted by Crippen LogP contribution is 2.18. The number of carbonyl (C=O) groups is 2. The van der Waals surface area contributed by atoms with Gasteiger partial charge in [-0.25, -0.2) is 0 Å². The summed E-state index contributed by atoms with van der Waals surface area (Å²) in [7, 11) is 0. The summed E-state index contributed by atoms with van der Waals surface area (Å²) in [5.41, 5.74) is 0.978. The van der Waals surface area contributed by atoms with Crippen LogP contribution in [0.1, 0.15) is 32.3 Å². The summed E-state index contributed by atoms with van der Waals surface area (Å²) in [6.07, 6.45) is 3.66. The lowest BCUT2D eigenvalue weighted by molar-refractivity contribution is -0.153. The maximum atomic E-state index is 12.5.